The van der Waals surface area contributed by atoms with E-state index in [4.69, 9.17) is 0 Å². The van der Waals surface area contributed by atoms with Gasteiger partial charge < -0.3 is 15.1 Å². The predicted molar refractivity (Wildman–Crippen MR) is 118 cm³/mol. The van der Waals surface area contributed by atoms with Crippen LogP contribution in [0.25, 0.3) is 0 Å². The van der Waals surface area contributed by atoms with Gasteiger partial charge in [0, 0.05) is 45.2 Å². The molecule has 0 aromatic heterocycles. The van der Waals surface area contributed by atoms with Crippen LogP contribution in [-0.4, -0.2) is 76.8 Å². The first-order valence-electron chi connectivity index (χ1n) is 11.7. The lowest BCUT2D eigenvalue weighted by Crippen LogP contribution is -2.56. The molecular weight excluding hydrogens is 392 g/mol. The minimum absolute atomic E-state index is 0.0569. The van der Waals surface area contributed by atoms with Crippen LogP contribution in [0.4, 0.5) is 4.79 Å². The number of hydrogen-bond donors (Lipinski definition) is 1. The second-order valence-corrected chi connectivity index (χ2v) is 9.13. The summed E-state index contributed by atoms with van der Waals surface area (Å²) in [6.07, 6.45) is 5.08. The maximum atomic E-state index is 13.3. The lowest BCUT2D eigenvalue weighted by molar-refractivity contribution is -0.136. The van der Waals surface area contributed by atoms with Crippen LogP contribution >= 0.6 is 0 Å². The van der Waals surface area contributed by atoms with E-state index in [0.29, 0.717) is 45.2 Å². The number of imide groups is 1. The van der Waals surface area contributed by atoms with Gasteiger partial charge >= 0.3 is 6.03 Å². The Morgan fingerprint density at radius 1 is 1.06 bits per heavy atom. The van der Waals surface area contributed by atoms with E-state index >= 15 is 0 Å². The van der Waals surface area contributed by atoms with Crippen molar-refractivity contribution in [3.8, 4) is 0 Å². The van der Waals surface area contributed by atoms with Gasteiger partial charge in [-0.2, -0.15) is 0 Å². The second kappa shape index (κ2) is 9.39. The molecule has 7 heteroatoms. The molecular formula is C24H34N4O3. The fourth-order valence-electron chi connectivity index (χ4n) is 5.15. The summed E-state index contributed by atoms with van der Waals surface area (Å²) in [5.74, 6) is 0.121. The monoisotopic (exact) mass is 426 g/mol. The number of piperidine rings is 2. The number of amides is 4. The van der Waals surface area contributed by atoms with Gasteiger partial charge in [-0.05, 0) is 44.1 Å². The Balaban J connectivity index is 1.30. The number of hydrogen-bond acceptors (Lipinski definition) is 4. The van der Waals surface area contributed by atoms with Gasteiger partial charge in [0.15, 0.2) is 0 Å². The molecule has 0 unspecified atom stereocenters. The summed E-state index contributed by atoms with van der Waals surface area (Å²) in [5, 5.41) is 3.05. The van der Waals surface area contributed by atoms with Crippen molar-refractivity contribution in [2.45, 2.75) is 63.5 Å². The van der Waals surface area contributed by atoms with E-state index in [1.165, 1.54) is 10.5 Å². The second-order valence-electron chi connectivity index (χ2n) is 9.13. The van der Waals surface area contributed by atoms with Gasteiger partial charge in [0.25, 0.3) is 5.91 Å². The van der Waals surface area contributed by atoms with Crippen LogP contribution in [-0.2, 0) is 16.0 Å². The Morgan fingerprint density at radius 2 is 1.74 bits per heavy atom. The lowest BCUT2D eigenvalue weighted by Gasteiger charge is -2.38. The molecule has 0 saturated carbocycles. The maximum Gasteiger partial charge on any atom is 0.325 e. The zero-order valence-corrected chi connectivity index (χ0v) is 18.5. The molecule has 1 spiro atoms. The molecule has 3 fully saturated rings. The van der Waals surface area contributed by atoms with Gasteiger partial charge in [-0.25, -0.2) is 4.79 Å². The molecule has 168 valence electrons. The van der Waals surface area contributed by atoms with Crippen LogP contribution in [0.15, 0.2) is 30.3 Å². The number of carbonyl (C=O) groups is 3. The van der Waals surface area contributed by atoms with Crippen LogP contribution in [0.1, 0.15) is 51.0 Å². The fourth-order valence-corrected chi connectivity index (χ4v) is 5.15. The largest absolute Gasteiger partial charge is 0.343 e. The van der Waals surface area contributed by atoms with Gasteiger partial charge in [0.1, 0.15) is 5.54 Å². The highest BCUT2D eigenvalue weighted by atomic mass is 16.2. The van der Waals surface area contributed by atoms with Crippen molar-refractivity contribution in [3.63, 3.8) is 0 Å². The molecule has 0 aliphatic carbocycles. The number of benzene rings is 1. The van der Waals surface area contributed by atoms with Gasteiger partial charge in [-0.15, -0.1) is 0 Å². The third-order valence-electron chi connectivity index (χ3n) is 7.11. The molecule has 1 aromatic rings. The first-order valence-corrected chi connectivity index (χ1v) is 11.7. The van der Waals surface area contributed by atoms with Crippen molar-refractivity contribution in [2.75, 3.05) is 32.7 Å². The molecule has 4 amide bonds. The Bertz CT molecular complexity index is 796. The molecule has 4 rings (SSSR count). The SMILES string of the molecule is CCCC(=O)N1CCC(N2C(=O)NC3(CCN(CCc4ccccc4)CC3)C2=O)CC1. The van der Waals surface area contributed by atoms with Crippen molar-refractivity contribution in [3.05, 3.63) is 35.9 Å². The van der Waals surface area contributed by atoms with Crippen molar-refractivity contribution in [1.29, 1.82) is 0 Å². The van der Waals surface area contributed by atoms with E-state index in [-0.39, 0.29) is 23.9 Å². The van der Waals surface area contributed by atoms with E-state index < -0.39 is 5.54 Å². The number of likely N-dealkylation sites (tertiary alicyclic amines) is 2. The van der Waals surface area contributed by atoms with Crippen LogP contribution in [0.3, 0.4) is 0 Å². The molecule has 3 aliphatic heterocycles. The minimum atomic E-state index is -0.741. The van der Waals surface area contributed by atoms with E-state index in [0.717, 1.165) is 32.5 Å². The Labute approximate surface area is 184 Å². The number of nitrogens with one attached hydrogen (secondary N) is 1. The smallest absolute Gasteiger partial charge is 0.325 e. The molecule has 3 saturated heterocycles. The highest BCUT2D eigenvalue weighted by molar-refractivity contribution is 6.07. The van der Waals surface area contributed by atoms with Crippen LogP contribution in [0.5, 0.6) is 0 Å². The summed E-state index contributed by atoms with van der Waals surface area (Å²) in [7, 11) is 0. The molecule has 31 heavy (non-hydrogen) atoms. The normalized spacial score (nSPS) is 22.2. The molecule has 3 aliphatic rings. The number of carbonyl (C=O) groups excluding carboxylic acids is 3. The molecule has 0 radical (unpaired) electrons. The first kappa shape index (κ1) is 21.8. The summed E-state index contributed by atoms with van der Waals surface area (Å²) in [4.78, 5) is 44.0. The van der Waals surface area contributed by atoms with Crippen LogP contribution in [0.2, 0.25) is 0 Å². The van der Waals surface area contributed by atoms with Crippen molar-refractivity contribution in [1.82, 2.24) is 20.0 Å². The van der Waals surface area contributed by atoms with Crippen molar-refractivity contribution < 1.29 is 14.4 Å². The predicted octanol–water partition coefficient (Wildman–Crippen LogP) is 2.41. The van der Waals surface area contributed by atoms with Crippen LogP contribution < -0.4 is 5.32 Å². The summed E-state index contributed by atoms with van der Waals surface area (Å²) in [5.41, 5.74) is 0.582. The fraction of sp³-hybridized carbons (Fsp3) is 0.625. The molecule has 0 atom stereocenters. The topological polar surface area (TPSA) is 73.0 Å². The standard InChI is InChI=1S/C24H34N4O3/c1-2-6-21(29)27-15-10-20(11-16-27)28-22(30)24(25-23(28)31)12-17-26(18-13-24)14-9-19-7-4-3-5-8-19/h3-5,7-8,20H,2,6,9-18H2,1H3,(H,25,31). The van der Waals surface area contributed by atoms with E-state index in [2.05, 4.69) is 34.5 Å². The lowest BCUT2D eigenvalue weighted by atomic mass is 9.86. The van der Waals surface area contributed by atoms with Gasteiger partial charge in [0.2, 0.25) is 5.91 Å². The minimum Gasteiger partial charge on any atom is -0.343 e. The summed E-state index contributed by atoms with van der Waals surface area (Å²) < 4.78 is 0. The average molecular weight is 427 g/mol. The number of urea groups is 1. The van der Waals surface area contributed by atoms with Gasteiger partial charge in [0.05, 0.1) is 0 Å². The Kier molecular flexibility index (Phi) is 6.60. The molecule has 1 aromatic carbocycles. The van der Waals surface area contributed by atoms with Crippen LogP contribution in [0, 0.1) is 0 Å². The summed E-state index contributed by atoms with van der Waals surface area (Å²) in [6.45, 7) is 5.86. The highest BCUT2D eigenvalue weighted by Crippen LogP contribution is 2.32. The Hall–Kier alpha value is -2.41. The Morgan fingerprint density at radius 3 is 2.39 bits per heavy atom. The third-order valence-corrected chi connectivity index (χ3v) is 7.11. The van der Waals surface area contributed by atoms with E-state index in [9.17, 15) is 14.4 Å². The summed E-state index contributed by atoms with van der Waals surface area (Å²) in [6, 6.07) is 10.1. The first-order chi connectivity index (χ1) is 15.0. The molecule has 3 heterocycles. The third kappa shape index (κ3) is 4.61. The zero-order chi connectivity index (χ0) is 21.8. The van der Waals surface area contributed by atoms with Crippen molar-refractivity contribution >= 4 is 17.8 Å². The maximum absolute atomic E-state index is 13.3. The molecule has 0 bridgehead atoms. The number of rotatable bonds is 6. The van der Waals surface area contributed by atoms with Gasteiger partial charge in [-0.1, -0.05) is 37.3 Å². The molecule has 7 nitrogen and oxygen atoms in total. The molecule has 1 N–H and O–H groups in total. The average Bonchev–Trinajstić information content (AvgIpc) is 3.03. The summed E-state index contributed by atoms with van der Waals surface area (Å²) >= 11 is 0. The van der Waals surface area contributed by atoms with E-state index in [1.54, 1.807) is 0 Å². The zero-order valence-electron chi connectivity index (χ0n) is 18.5. The number of nitrogens with zero attached hydrogens (tertiary/aromatic N) is 3. The van der Waals surface area contributed by atoms with Crippen molar-refractivity contribution in [2.24, 2.45) is 0 Å². The highest BCUT2D eigenvalue weighted by Gasteiger charge is 2.54. The van der Waals surface area contributed by atoms with E-state index in [1.807, 2.05) is 17.9 Å². The quantitative estimate of drug-likeness (QED) is 0.709. The van der Waals surface area contributed by atoms with Gasteiger partial charge in [-0.3, -0.25) is 14.5 Å².